The molecular weight excluding hydrogens is 920 g/mol. The van der Waals surface area contributed by atoms with Gasteiger partial charge < -0.3 is 95.7 Å². The number of carbonyl (C=O) groups excluding carboxylic acids is 9. The highest BCUT2D eigenvalue weighted by Gasteiger charge is 2.40. The summed E-state index contributed by atoms with van der Waals surface area (Å²) in [6.07, 6.45) is -7.18. The Hall–Kier alpha value is -6.08. The predicted octanol–water partition coefficient (Wildman–Crippen LogP) is -9.38. The number of alkyl halides is 1. The van der Waals surface area contributed by atoms with E-state index in [0.29, 0.717) is 6.42 Å². The van der Waals surface area contributed by atoms with E-state index >= 15 is 0 Å². The Labute approximate surface area is 387 Å². The predicted molar refractivity (Wildman–Crippen MR) is 229 cm³/mol. The number of amides is 9. The molecule has 29 nitrogen and oxygen atoms in total. The molecule has 0 aromatic carbocycles. The number of hydrogen-bond donors (Lipinski definition) is 18. The standard InChI is InChI=1S/C37H61ClN12O17/c1-3-16-28(57)50-26(27(56)37(66)67)36(65)49-25(22(53)13-38)35(64)47-21(14-51)33(62)45-18(7-10-40)30(59)46-20(12-23(54)55)32(61)43-17(6-4-5-9-39)29(58)44-19(8-11-41)31(60)48-24(15(2)52)34(63)42-16/h3,15,17-22,24-27,51-53,56H,4-14,39-41H2,1-2H3,(H,42,63)(H,43,61)(H,44,58)(H,45,62)(H,46,59)(H,47,64)(H,48,60)(H,49,65)(H,50,57)(H,54,55)(H,66,67)/b16-3-/t15-,17-,18+,19-,20-,21?,22+,24-,25-,26-,27-/m0/s1. The van der Waals surface area contributed by atoms with Crippen molar-refractivity contribution in [3.8, 4) is 0 Å². The minimum absolute atomic E-state index is 0.141. The zero-order valence-electron chi connectivity index (χ0n) is 36.5. The summed E-state index contributed by atoms with van der Waals surface area (Å²) in [4.78, 5) is 146. The van der Waals surface area contributed by atoms with E-state index < -0.39 is 163 Å². The second kappa shape index (κ2) is 29.5. The van der Waals surface area contributed by atoms with Crippen LogP contribution in [0.5, 0.6) is 0 Å². The molecule has 0 aromatic heterocycles. The Bertz CT molecular complexity index is 1820. The number of allylic oxidation sites excluding steroid dienone is 1. The summed E-state index contributed by atoms with van der Waals surface area (Å²) < 4.78 is 0. The Morgan fingerprint density at radius 2 is 1.04 bits per heavy atom. The molecule has 1 heterocycles. The molecule has 0 aromatic rings. The molecule has 378 valence electrons. The Morgan fingerprint density at radius 3 is 1.49 bits per heavy atom. The Kier molecular flexibility index (Phi) is 26.0. The molecular formula is C37H61ClN12O17. The number of halogens is 1. The van der Waals surface area contributed by atoms with Crippen LogP contribution in [0.4, 0.5) is 0 Å². The smallest absolute Gasteiger partial charge is 0.335 e. The Balaban J connectivity index is 4.01. The van der Waals surface area contributed by atoms with E-state index in [1.807, 2.05) is 16.0 Å². The number of aliphatic hydroxyl groups is 4. The second-order valence-electron chi connectivity index (χ2n) is 14.9. The summed E-state index contributed by atoms with van der Waals surface area (Å²) in [5, 5.41) is 79.9. The van der Waals surface area contributed by atoms with E-state index in [9.17, 15) is 83.4 Å². The third-order valence-corrected chi connectivity index (χ3v) is 10.0. The van der Waals surface area contributed by atoms with Gasteiger partial charge in [-0.15, -0.1) is 11.6 Å². The van der Waals surface area contributed by atoms with Gasteiger partial charge in [0.1, 0.15) is 54.0 Å². The monoisotopic (exact) mass is 980 g/mol. The summed E-state index contributed by atoms with van der Waals surface area (Å²) in [6, 6.07) is -15.5. The number of aliphatic carboxylic acids is 2. The van der Waals surface area contributed by atoms with Gasteiger partial charge in [-0.05, 0) is 65.6 Å². The summed E-state index contributed by atoms with van der Waals surface area (Å²) in [5.74, 6) is -16.5. The van der Waals surface area contributed by atoms with Crippen LogP contribution in [-0.4, -0.2) is 195 Å². The van der Waals surface area contributed by atoms with Gasteiger partial charge in [-0.1, -0.05) is 6.08 Å². The summed E-state index contributed by atoms with van der Waals surface area (Å²) >= 11 is 5.74. The third kappa shape index (κ3) is 19.0. The molecule has 1 aliphatic rings. The molecule has 30 heteroatoms. The molecule has 1 aliphatic heterocycles. The van der Waals surface area contributed by atoms with Gasteiger partial charge in [-0.25, -0.2) is 4.79 Å². The molecule has 0 bridgehead atoms. The molecule has 1 saturated heterocycles. The number of unbranched alkanes of at least 4 members (excludes halogenated alkanes) is 1. The van der Waals surface area contributed by atoms with Crippen LogP contribution in [0.25, 0.3) is 0 Å². The fourth-order valence-electron chi connectivity index (χ4n) is 6.01. The van der Waals surface area contributed by atoms with E-state index in [4.69, 9.17) is 28.8 Å². The molecule has 0 radical (unpaired) electrons. The van der Waals surface area contributed by atoms with Gasteiger partial charge >= 0.3 is 11.9 Å². The zero-order chi connectivity index (χ0) is 51.1. The molecule has 21 N–H and O–H groups in total. The van der Waals surface area contributed by atoms with Crippen molar-refractivity contribution in [1.82, 2.24) is 47.9 Å². The van der Waals surface area contributed by atoms with E-state index in [1.54, 1.807) is 0 Å². The molecule has 1 rings (SSSR count). The van der Waals surface area contributed by atoms with E-state index in [1.165, 1.54) is 6.92 Å². The second-order valence-corrected chi connectivity index (χ2v) is 15.2. The summed E-state index contributed by atoms with van der Waals surface area (Å²) in [5.41, 5.74) is 16.2. The minimum atomic E-state index is -2.80. The number of carboxylic acid groups (broad SMARTS) is 2. The molecule has 9 amide bonds. The van der Waals surface area contributed by atoms with Crippen molar-refractivity contribution in [3.63, 3.8) is 0 Å². The highest BCUT2D eigenvalue weighted by molar-refractivity contribution is 6.18. The lowest BCUT2D eigenvalue weighted by molar-refractivity contribution is -0.152. The molecule has 11 atom stereocenters. The zero-order valence-corrected chi connectivity index (χ0v) is 37.2. The fraction of sp³-hybridized carbons (Fsp3) is 0.649. The van der Waals surface area contributed by atoms with E-state index in [-0.39, 0.29) is 38.9 Å². The average molecular weight is 981 g/mol. The molecule has 0 aliphatic carbocycles. The molecule has 0 saturated carbocycles. The molecule has 1 unspecified atom stereocenters. The van der Waals surface area contributed by atoms with Gasteiger partial charge in [0.2, 0.25) is 47.3 Å². The SMILES string of the molecule is C/C=C1\NC(=O)[C@H]([C@H](C)O)NC(=O)[C@H](CCN)NC(=O)[C@H](CCCCN)NC(=O)[C@H](CC(=O)O)NC(=O)[C@@H](CCN)NC(=O)C(CO)NC(=O)[C@H]([C@H](O)CCl)NC(=O)[C@H]([C@H](O)C(=O)O)NC1=O. The van der Waals surface area contributed by atoms with Crippen molar-refractivity contribution in [2.24, 2.45) is 17.2 Å². The van der Waals surface area contributed by atoms with Crippen molar-refractivity contribution in [3.05, 3.63) is 11.8 Å². The van der Waals surface area contributed by atoms with Gasteiger partial charge in [0.15, 0.2) is 6.10 Å². The highest BCUT2D eigenvalue weighted by Crippen LogP contribution is 2.09. The van der Waals surface area contributed by atoms with Crippen LogP contribution in [0.1, 0.15) is 52.4 Å². The van der Waals surface area contributed by atoms with Crippen LogP contribution in [0.2, 0.25) is 0 Å². The number of carboxylic acids is 2. The van der Waals surface area contributed by atoms with Crippen molar-refractivity contribution in [2.75, 3.05) is 32.1 Å². The summed E-state index contributed by atoms with van der Waals surface area (Å²) in [7, 11) is 0. The largest absolute Gasteiger partial charge is 0.481 e. The van der Waals surface area contributed by atoms with Crippen LogP contribution in [0.15, 0.2) is 11.8 Å². The van der Waals surface area contributed by atoms with Gasteiger partial charge in [0, 0.05) is 0 Å². The van der Waals surface area contributed by atoms with Crippen LogP contribution in [0.3, 0.4) is 0 Å². The lowest BCUT2D eigenvalue weighted by atomic mass is 10.0. The molecule has 0 spiro atoms. The van der Waals surface area contributed by atoms with Gasteiger partial charge in [-0.3, -0.25) is 47.9 Å². The van der Waals surface area contributed by atoms with Crippen molar-refractivity contribution < 1.29 is 83.4 Å². The lowest BCUT2D eigenvalue weighted by Crippen LogP contribution is -2.64. The van der Waals surface area contributed by atoms with Gasteiger partial charge in [-0.2, -0.15) is 0 Å². The maximum absolute atomic E-state index is 13.8. The maximum Gasteiger partial charge on any atom is 0.335 e. The Morgan fingerprint density at radius 1 is 0.597 bits per heavy atom. The summed E-state index contributed by atoms with van der Waals surface area (Å²) in [6.45, 7) is 0.521. The number of nitrogens with one attached hydrogen (secondary N) is 9. The minimum Gasteiger partial charge on any atom is -0.481 e. The van der Waals surface area contributed by atoms with E-state index in [2.05, 4.69) is 31.9 Å². The number of nitrogens with two attached hydrogens (primary N) is 3. The van der Waals surface area contributed by atoms with Crippen LogP contribution < -0.4 is 65.1 Å². The van der Waals surface area contributed by atoms with Gasteiger partial charge in [0.05, 0.1) is 31.1 Å². The van der Waals surface area contributed by atoms with Crippen molar-refractivity contribution >= 4 is 76.7 Å². The lowest BCUT2D eigenvalue weighted by Gasteiger charge is -2.28. The number of rotatable bonds is 16. The third-order valence-electron chi connectivity index (χ3n) is 9.70. The quantitative estimate of drug-likeness (QED) is 0.0388. The van der Waals surface area contributed by atoms with Crippen molar-refractivity contribution in [2.45, 2.75) is 119 Å². The number of hydrogen-bond acceptors (Lipinski definition) is 18. The normalized spacial score (nSPS) is 27.0. The first-order valence-electron chi connectivity index (χ1n) is 20.7. The average Bonchev–Trinajstić information content (AvgIpc) is 3.27. The highest BCUT2D eigenvalue weighted by atomic mass is 35.5. The van der Waals surface area contributed by atoms with E-state index in [0.717, 1.165) is 13.0 Å². The molecule has 1 fully saturated rings. The van der Waals surface area contributed by atoms with Gasteiger partial charge in [0.25, 0.3) is 5.91 Å². The number of carbonyl (C=O) groups is 11. The fourth-order valence-corrected chi connectivity index (χ4v) is 6.19. The van der Waals surface area contributed by atoms with Crippen LogP contribution in [-0.2, 0) is 52.7 Å². The topological polar surface area (TPSA) is 495 Å². The first-order valence-corrected chi connectivity index (χ1v) is 21.2. The first kappa shape index (κ1) is 58.9. The van der Waals surface area contributed by atoms with Crippen LogP contribution in [0, 0.1) is 0 Å². The maximum atomic E-state index is 13.8. The first-order chi connectivity index (χ1) is 31.5. The van der Waals surface area contributed by atoms with Crippen molar-refractivity contribution in [1.29, 1.82) is 0 Å². The van der Waals surface area contributed by atoms with Crippen LogP contribution >= 0.6 is 11.6 Å². The molecule has 67 heavy (non-hydrogen) atoms. The number of aliphatic hydroxyl groups excluding tert-OH is 4.